The van der Waals surface area contributed by atoms with Crippen LogP contribution in [0, 0.1) is 5.82 Å². The standard InChI is InChI=1S/C22H25ClFN3O2S/c1-29-21-14-17(23)6-9-19(21)26-22-27(12-2-10-25-11-3-13-28)20(15-30-22)16-4-7-18(24)8-5-16/h4-9,14-15,25,28H,2-3,10-13H2,1H3. The number of nitrogens with zero attached hydrogens (tertiary/aromatic N) is 2. The Bertz CT molecular complexity index is 1020. The third kappa shape index (κ3) is 5.92. The number of aliphatic hydroxyl groups excluding tert-OH is 1. The number of rotatable bonds is 10. The second-order valence-corrected chi connectivity index (χ2v) is 7.94. The van der Waals surface area contributed by atoms with E-state index in [1.165, 1.54) is 23.5 Å². The highest BCUT2D eigenvalue weighted by Crippen LogP contribution is 2.30. The zero-order valence-corrected chi connectivity index (χ0v) is 18.3. The summed E-state index contributed by atoms with van der Waals surface area (Å²) in [6.07, 6.45) is 1.63. The van der Waals surface area contributed by atoms with Crippen molar-refractivity contribution >= 4 is 28.6 Å². The molecule has 2 aromatic carbocycles. The SMILES string of the molecule is COc1cc(Cl)ccc1N=c1scc(-c2ccc(F)cc2)n1CCCNCCCO. The third-order valence-electron chi connectivity index (χ3n) is 4.54. The van der Waals surface area contributed by atoms with Gasteiger partial charge in [0, 0.05) is 29.6 Å². The van der Waals surface area contributed by atoms with Crippen LogP contribution in [-0.2, 0) is 6.54 Å². The van der Waals surface area contributed by atoms with E-state index >= 15 is 0 Å². The van der Waals surface area contributed by atoms with Crippen molar-refractivity contribution in [3.05, 3.63) is 63.5 Å². The van der Waals surface area contributed by atoms with Gasteiger partial charge in [0.05, 0.1) is 12.8 Å². The van der Waals surface area contributed by atoms with Gasteiger partial charge in [0.1, 0.15) is 17.3 Å². The van der Waals surface area contributed by atoms with E-state index in [0.717, 1.165) is 48.5 Å². The molecule has 0 radical (unpaired) electrons. The minimum Gasteiger partial charge on any atom is -0.494 e. The Kier molecular flexibility index (Phi) is 8.45. The van der Waals surface area contributed by atoms with Crippen LogP contribution in [0.2, 0.25) is 5.02 Å². The van der Waals surface area contributed by atoms with Gasteiger partial charge in [-0.05, 0) is 67.9 Å². The van der Waals surface area contributed by atoms with Gasteiger partial charge in [-0.15, -0.1) is 11.3 Å². The lowest BCUT2D eigenvalue weighted by molar-refractivity contribution is 0.286. The molecule has 0 atom stereocenters. The van der Waals surface area contributed by atoms with Crippen molar-refractivity contribution in [3.63, 3.8) is 0 Å². The highest BCUT2D eigenvalue weighted by molar-refractivity contribution is 7.07. The highest BCUT2D eigenvalue weighted by atomic mass is 35.5. The van der Waals surface area contributed by atoms with Gasteiger partial charge in [-0.25, -0.2) is 9.38 Å². The van der Waals surface area contributed by atoms with Crippen molar-refractivity contribution < 1.29 is 14.2 Å². The number of hydrogen-bond donors (Lipinski definition) is 2. The largest absolute Gasteiger partial charge is 0.494 e. The molecule has 5 nitrogen and oxygen atoms in total. The van der Waals surface area contributed by atoms with E-state index in [9.17, 15) is 4.39 Å². The smallest absolute Gasteiger partial charge is 0.190 e. The van der Waals surface area contributed by atoms with E-state index in [4.69, 9.17) is 26.4 Å². The molecule has 0 fully saturated rings. The van der Waals surface area contributed by atoms with Crippen molar-refractivity contribution in [1.82, 2.24) is 9.88 Å². The van der Waals surface area contributed by atoms with E-state index in [-0.39, 0.29) is 12.4 Å². The number of thiazole rings is 1. The van der Waals surface area contributed by atoms with Crippen molar-refractivity contribution in [1.29, 1.82) is 0 Å². The van der Waals surface area contributed by atoms with Crippen LogP contribution in [0.25, 0.3) is 11.3 Å². The van der Waals surface area contributed by atoms with E-state index in [2.05, 4.69) is 9.88 Å². The molecule has 0 aliphatic rings. The zero-order valence-electron chi connectivity index (χ0n) is 16.8. The van der Waals surface area contributed by atoms with Gasteiger partial charge in [0.15, 0.2) is 4.80 Å². The molecule has 0 aliphatic heterocycles. The maximum absolute atomic E-state index is 13.4. The maximum atomic E-state index is 13.4. The van der Waals surface area contributed by atoms with Gasteiger partial charge in [0.2, 0.25) is 0 Å². The van der Waals surface area contributed by atoms with Crippen LogP contribution in [0.5, 0.6) is 5.75 Å². The first-order valence-electron chi connectivity index (χ1n) is 9.76. The molecule has 0 saturated heterocycles. The molecule has 160 valence electrons. The van der Waals surface area contributed by atoms with Gasteiger partial charge in [-0.2, -0.15) is 0 Å². The second-order valence-electron chi connectivity index (χ2n) is 6.67. The topological polar surface area (TPSA) is 58.8 Å². The summed E-state index contributed by atoms with van der Waals surface area (Å²) in [6, 6.07) is 11.8. The lowest BCUT2D eigenvalue weighted by Crippen LogP contribution is -2.22. The fourth-order valence-electron chi connectivity index (χ4n) is 3.02. The van der Waals surface area contributed by atoms with E-state index in [1.54, 1.807) is 31.4 Å². The van der Waals surface area contributed by atoms with E-state index in [0.29, 0.717) is 16.5 Å². The summed E-state index contributed by atoms with van der Waals surface area (Å²) in [4.78, 5) is 5.64. The fraction of sp³-hybridized carbons (Fsp3) is 0.318. The molecule has 0 saturated carbocycles. The lowest BCUT2D eigenvalue weighted by atomic mass is 10.1. The van der Waals surface area contributed by atoms with Crippen molar-refractivity contribution in [3.8, 4) is 17.0 Å². The number of aliphatic hydroxyl groups is 1. The third-order valence-corrected chi connectivity index (χ3v) is 5.64. The molecule has 30 heavy (non-hydrogen) atoms. The maximum Gasteiger partial charge on any atom is 0.190 e. The van der Waals surface area contributed by atoms with Gasteiger partial charge in [-0.1, -0.05) is 11.6 Å². The molecule has 1 aromatic heterocycles. The van der Waals surface area contributed by atoms with Gasteiger partial charge < -0.3 is 19.7 Å². The Morgan fingerprint density at radius 3 is 2.67 bits per heavy atom. The number of methoxy groups -OCH3 is 1. The summed E-state index contributed by atoms with van der Waals surface area (Å²) in [5.41, 5.74) is 2.62. The average molecular weight is 450 g/mol. The first kappa shape index (κ1) is 22.5. The molecule has 3 aromatic rings. The minimum absolute atomic E-state index is 0.187. The molecule has 0 spiro atoms. The molecule has 8 heteroatoms. The Hall–Kier alpha value is -2.19. The van der Waals surface area contributed by atoms with Gasteiger partial charge in [0.25, 0.3) is 0 Å². The average Bonchev–Trinajstić information content (AvgIpc) is 3.14. The Balaban J connectivity index is 1.93. The molecule has 0 aliphatic carbocycles. The number of nitrogens with one attached hydrogen (secondary N) is 1. The first-order chi connectivity index (χ1) is 14.6. The number of halogens is 2. The Labute approximate surface area is 184 Å². The number of ether oxygens (including phenoxy) is 1. The molecule has 2 N–H and O–H groups in total. The molecule has 1 heterocycles. The Morgan fingerprint density at radius 2 is 1.93 bits per heavy atom. The van der Waals surface area contributed by atoms with Crippen molar-refractivity contribution in [2.45, 2.75) is 19.4 Å². The molecule has 0 bridgehead atoms. The van der Waals surface area contributed by atoms with E-state index in [1.807, 2.05) is 11.4 Å². The normalized spacial score (nSPS) is 11.8. The monoisotopic (exact) mass is 449 g/mol. The summed E-state index contributed by atoms with van der Waals surface area (Å²) in [7, 11) is 1.59. The number of aromatic nitrogens is 1. The summed E-state index contributed by atoms with van der Waals surface area (Å²) < 4.78 is 21.0. The predicted octanol–water partition coefficient (Wildman–Crippen LogP) is 4.61. The molecular formula is C22H25ClFN3O2S. The molecule has 3 rings (SSSR count). The summed E-state index contributed by atoms with van der Waals surface area (Å²) >= 11 is 7.60. The van der Waals surface area contributed by atoms with Crippen molar-refractivity contribution in [2.24, 2.45) is 4.99 Å². The highest BCUT2D eigenvalue weighted by Gasteiger charge is 2.10. The number of benzene rings is 2. The Morgan fingerprint density at radius 1 is 1.17 bits per heavy atom. The van der Waals surface area contributed by atoms with Crippen LogP contribution in [0.15, 0.2) is 52.8 Å². The molecule has 0 amide bonds. The summed E-state index contributed by atoms with van der Waals surface area (Å²) in [5, 5.41) is 14.8. The van der Waals surface area contributed by atoms with Crippen LogP contribution >= 0.6 is 22.9 Å². The second kappa shape index (κ2) is 11.3. The molecule has 0 unspecified atom stereocenters. The van der Waals surface area contributed by atoms with Crippen LogP contribution in [0.3, 0.4) is 0 Å². The van der Waals surface area contributed by atoms with Crippen LogP contribution in [0.1, 0.15) is 12.8 Å². The van der Waals surface area contributed by atoms with Gasteiger partial charge >= 0.3 is 0 Å². The van der Waals surface area contributed by atoms with E-state index < -0.39 is 0 Å². The van der Waals surface area contributed by atoms with Gasteiger partial charge in [-0.3, -0.25) is 0 Å². The van der Waals surface area contributed by atoms with Crippen LogP contribution < -0.4 is 14.9 Å². The van der Waals surface area contributed by atoms with Crippen molar-refractivity contribution in [2.75, 3.05) is 26.8 Å². The number of hydrogen-bond acceptors (Lipinski definition) is 5. The van der Waals surface area contributed by atoms with Crippen LogP contribution in [-0.4, -0.2) is 36.5 Å². The lowest BCUT2D eigenvalue weighted by Gasteiger charge is -2.10. The molecular weight excluding hydrogens is 425 g/mol. The minimum atomic E-state index is -0.260. The quantitative estimate of drug-likeness (QED) is 0.444. The zero-order chi connectivity index (χ0) is 21.3. The fourth-order valence-corrected chi connectivity index (χ4v) is 4.13. The first-order valence-corrected chi connectivity index (χ1v) is 11.0. The predicted molar refractivity (Wildman–Crippen MR) is 120 cm³/mol. The summed E-state index contributed by atoms with van der Waals surface area (Å²) in [6.45, 7) is 2.55. The van der Waals surface area contributed by atoms with Crippen LogP contribution in [0.4, 0.5) is 10.1 Å². The summed E-state index contributed by atoms with van der Waals surface area (Å²) in [5.74, 6) is 0.348.